The first-order valence-electron chi connectivity index (χ1n) is 5.75. The van der Waals surface area contributed by atoms with Crippen LogP contribution in [0.3, 0.4) is 0 Å². The molecule has 1 aliphatic carbocycles. The topological polar surface area (TPSA) is 46.6 Å². The van der Waals surface area contributed by atoms with Gasteiger partial charge < -0.3 is 0 Å². The lowest BCUT2D eigenvalue weighted by molar-refractivity contribution is 0.178. The van der Waals surface area contributed by atoms with Gasteiger partial charge in [-0.25, -0.2) is 0 Å². The second-order valence-electron chi connectivity index (χ2n) is 4.42. The highest BCUT2D eigenvalue weighted by atomic mass is 32.2. The molecule has 0 saturated heterocycles. The third-order valence-corrected chi connectivity index (χ3v) is 3.35. The summed E-state index contributed by atoms with van der Waals surface area (Å²) in [6.45, 7) is 0.604. The van der Waals surface area contributed by atoms with Gasteiger partial charge in [-0.05, 0) is 19.9 Å². The Bertz CT molecular complexity index is 471. The van der Waals surface area contributed by atoms with Crippen molar-refractivity contribution in [3.8, 4) is 12.3 Å². The van der Waals surface area contributed by atoms with Crippen LogP contribution in [-0.4, -0.2) is 45.8 Å². The van der Waals surface area contributed by atoms with Crippen molar-refractivity contribution in [1.82, 2.24) is 4.90 Å². The van der Waals surface area contributed by atoms with E-state index in [9.17, 15) is 8.42 Å². The summed E-state index contributed by atoms with van der Waals surface area (Å²) in [6.07, 6.45) is 14.1. The number of hydrogen-bond donors (Lipinski definition) is 0. The van der Waals surface area contributed by atoms with Gasteiger partial charge in [0.25, 0.3) is 10.1 Å². The van der Waals surface area contributed by atoms with Crippen molar-refractivity contribution >= 4 is 10.1 Å². The van der Waals surface area contributed by atoms with Crippen LogP contribution in [0.5, 0.6) is 0 Å². The van der Waals surface area contributed by atoms with Gasteiger partial charge in [-0.1, -0.05) is 29.7 Å². The molecule has 1 aliphatic rings. The third kappa shape index (κ3) is 5.50. The Balaban J connectivity index is 2.60. The molecule has 0 N–H and O–H groups in total. The number of allylic oxidation sites excluding steroid dienone is 3. The lowest BCUT2D eigenvalue weighted by Crippen LogP contribution is -2.36. The summed E-state index contributed by atoms with van der Waals surface area (Å²) in [5.74, 6) is 2.56. The number of nitrogens with zero attached hydrogens (tertiary/aromatic N) is 1. The second kappa shape index (κ2) is 6.74. The summed E-state index contributed by atoms with van der Waals surface area (Å²) in [5.41, 5.74) is 1.26. The van der Waals surface area contributed by atoms with Crippen molar-refractivity contribution in [1.29, 1.82) is 0 Å². The normalized spacial score (nSPS) is 16.7. The number of rotatable bonds is 7. The summed E-state index contributed by atoms with van der Waals surface area (Å²) >= 11 is 0. The maximum atomic E-state index is 11.0. The van der Waals surface area contributed by atoms with E-state index in [1.165, 1.54) is 5.57 Å². The maximum absolute atomic E-state index is 11.0. The molecule has 1 unspecified atom stereocenters. The second-order valence-corrected chi connectivity index (χ2v) is 6.07. The van der Waals surface area contributed by atoms with Gasteiger partial charge in [-0.15, -0.1) is 6.42 Å². The Morgan fingerprint density at radius 2 is 2.33 bits per heavy atom. The zero-order valence-electron chi connectivity index (χ0n) is 10.8. The minimum Gasteiger partial charge on any atom is -0.290 e. The highest BCUT2D eigenvalue weighted by Gasteiger charge is 2.18. The largest absolute Gasteiger partial charge is 0.290 e. The van der Waals surface area contributed by atoms with Crippen LogP contribution >= 0.6 is 0 Å². The maximum Gasteiger partial charge on any atom is 0.264 e. The molecule has 0 amide bonds. The number of terminal acetylenes is 1. The molecule has 18 heavy (non-hydrogen) atoms. The predicted octanol–water partition coefficient (Wildman–Crippen LogP) is 1.17. The molecule has 0 aromatic rings. The molecule has 0 saturated carbocycles. The Labute approximate surface area is 109 Å². The SMILES string of the molecule is C#CCN(C)C(COS(C)(=O)=O)CC1=CC=CC1. The van der Waals surface area contributed by atoms with Crippen LogP contribution in [0.1, 0.15) is 12.8 Å². The minimum absolute atomic E-state index is 0.0260. The standard InChI is InChI=1S/C13H19NO3S/c1-4-9-14(2)13(11-17-18(3,15)16)10-12-7-5-6-8-12/h1,5-7,13H,8-11H2,2-3H3. The quantitative estimate of drug-likeness (QED) is 0.514. The van der Waals surface area contributed by atoms with Crippen LogP contribution in [0.15, 0.2) is 23.8 Å². The molecule has 1 rings (SSSR count). The van der Waals surface area contributed by atoms with E-state index in [1.807, 2.05) is 18.0 Å². The fourth-order valence-electron chi connectivity index (χ4n) is 1.76. The molecular formula is C13H19NO3S. The molecule has 0 bridgehead atoms. The van der Waals surface area contributed by atoms with E-state index in [1.54, 1.807) is 0 Å². The molecule has 0 aromatic heterocycles. The Morgan fingerprint density at radius 3 is 2.83 bits per heavy atom. The van der Waals surface area contributed by atoms with Crippen molar-refractivity contribution in [3.05, 3.63) is 23.8 Å². The Morgan fingerprint density at radius 1 is 1.61 bits per heavy atom. The number of likely N-dealkylation sites (N-methyl/N-ethyl adjacent to an activating group) is 1. The van der Waals surface area contributed by atoms with Crippen LogP contribution in [0.25, 0.3) is 0 Å². The summed E-state index contributed by atoms with van der Waals surface area (Å²) in [6, 6.07) is -0.0260. The highest BCUT2D eigenvalue weighted by Crippen LogP contribution is 2.19. The third-order valence-electron chi connectivity index (χ3n) is 2.78. The molecule has 5 heteroatoms. The van der Waals surface area contributed by atoms with Crippen molar-refractivity contribution in [2.45, 2.75) is 18.9 Å². The monoisotopic (exact) mass is 269 g/mol. The highest BCUT2D eigenvalue weighted by molar-refractivity contribution is 7.85. The van der Waals surface area contributed by atoms with Crippen molar-refractivity contribution in [3.63, 3.8) is 0 Å². The van der Waals surface area contributed by atoms with Gasteiger partial charge in [0.05, 0.1) is 19.4 Å². The van der Waals surface area contributed by atoms with Gasteiger partial charge in [-0.2, -0.15) is 8.42 Å². The molecule has 4 nitrogen and oxygen atoms in total. The van der Waals surface area contributed by atoms with Crippen LogP contribution < -0.4 is 0 Å². The molecule has 0 heterocycles. The average Bonchev–Trinajstić information content (AvgIpc) is 2.75. The molecule has 100 valence electrons. The van der Waals surface area contributed by atoms with Gasteiger partial charge in [0.15, 0.2) is 0 Å². The Kier molecular flexibility index (Phi) is 5.60. The minimum atomic E-state index is -3.41. The lowest BCUT2D eigenvalue weighted by atomic mass is 10.1. The molecule has 0 fully saturated rings. The number of hydrogen-bond acceptors (Lipinski definition) is 4. The van der Waals surface area contributed by atoms with E-state index in [0.29, 0.717) is 6.54 Å². The van der Waals surface area contributed by atoms with E-state index in [2.05, 4.69) is 18.1 Å². The van der Waals surface area contributed by atoms with E-state index in [4.69, 9.17) is 10.6 Å². The van der Waals surface area contributed by atoms with Crippen molar-refractivity contribution in [2.24, 2.45) is 0 Å². The van der Waals surface area contributed by atoms with Gasteiger partial charge >= 0.3 is 0 Å². The first-order valence-corrected chi connectivity index (χ1v) is 7.56. The van der Waals surface area contributed by atoms with E-state index < -0.39 is 10.1 Å². The van der Waals surface area contributed by atoms with Gasteiger partial charge in [0, 0.05) is 6.04 Å². The first kappa shape index (κ1) is 15.0. The van der Waals surface area contributed by atoms with E-state index >= 15 is 0 Å². The molecule has 0 aliphatic heterocycles. The smallest absolute Gasteiger partial charge is 0.264 e. The summed E-state index contributed by atoms with van der Waals surface area (Å²) in [7, 11) is -1.54. The van der Waals surface area contributed by atoms with Crippen LogP contribution in [0, 0.1) is 12.3 Å². The van der Waals surface area contributed by atoms with Gasteiger partial charge in [0.2, 0.25) is 0 Å². The fourth-order valence-corrected chi connectivity index (χ4v) is 2.17. The summed E-state index contributed by atoms with van der Waals surface area (Å²) in [5, 5.41) is 0. The van der Waals surface area contributed by atoms with Gasteiger partial charge in [0.1, 0.15) is 0 Å². The molecule has 0 spiro atoms. The average molecular weight is 269 g/mol. The summed E-state index contributed by atoms with van der Waals surface area (Å²) < 4.78 is 27.0. The molecule has 0 aromatic carbocycles. The Hall–Kier alpha value is -1.09. The van der Waals surface area contributed by atoms with Crippen LogP contribution in [-0.2, 0) is 14.3 Å². The first-order chi connectivity index (χ1) is 8.42. The van der Waals surface area contributed by atoms with E-state index in [-0.39, 0.29) is 12.6 Å². The molecular weight excluding hydrogens is 250 g/mol. The molecule has 1 atom stereocenters. The van der Waals surface area contributed by atoms with Crippen LogP contribution in [0.2, 0.25) is 0 Å². The zero-order valence-corrected chi connectivity index (χ0v) is 11.6. The lowest BCUT2D eigenvalue weighted by Gasteiger charge is -2.26. The van der Waals surface area contributed by atoms with Crippen molar-refractivity contribution < 1.29 is 12.6 Å². The predicted molar refractivity (Wildman–Crippen MR) is 72.5 cm³/mol. The van der Waals surface area contributed by atoms with E-state index in [0.717, 1.165) is 19.1 Å². The zero-order chi connectivity index (χ0) is 13.6. The van der Waals surface area contributed by atoms with Crippen molar-refractivity contribution in [2.75, 3.05) is 26.5 Å². The summed E-state index contributed by atoms with van der Waals surface area (Å²) in [4.78, 5) is 1.93. The van der Waals surface area contributed by atoms with Gasteiger partial charge in [-0.3, -0.25) is 9.08 Å². The molecule has 0 radical (unpaired) electrons. The van der Waals surface area contributed by atoms with Crippen LogP contribution in [0.4, 0.5) is 0 Å². The fraction of sp³-hybridized carbons (Fsp3) is 0.538.